The van der Waals surface area contributed by atoms with Crippen LogP contribution in [0.4, 0.5) is 18.9 Å². The zero-order valence-electron chi connectivity index (χ0n) is 10.5. The molecule has 3 rings (SSSR count). The van der Waals surface area contributed by atoms with E-state index in [0.717, 1.165) is 6.07 Å². The molecule has 0 aliphatic rings. The largest absolute Gasteiger partial charge is 0.417 e. The Labute approximate surface area is 126 Å². The Kier molecular flexibility index (Phi) is 3.16. The molecule has 0 spiro atoms. The van der Waals surface area contributed by atoms with E-state index in [-0.39, 0.29) is 4.47 Å². The molecule has 2 aromatic carbocycles. The predicted octanol–water partition coefficient (Wildman–Crippen LogP) is 4.39. The molecule has 0 amide bonds. The van der Waals surface area contributed by atoms with Gasteiger partial charge in [-0.05, 0) is 36.4 Å². The van der Waals surface area contributed by atoms with E-state index in [2.05, 4.69) is 20.9 Å². The molecule has 0 atom stereocenters. The highest BCUT2D eigenvalue weighted by atomic mass is 79.9. The molecule has 2 N–H and O–H groups in total. The van der Waals surface area contributed by atoms with Crippen LogP contribution in [0.5, 0.6) is 0 Å². The van der Waals surface area contributed by atoms with Crippen LogP contribution in [0.2, 0.25) is 0 Å². The zero-order chi connectivity index (χ0) is 15.2. The number of nitrogen functional groups attached to an aromatic ring is 1. The number of nitrogens with two attached hydrogens (primary N) is 1. The number of alkyl halides is 3. The van der Waals surface area contributed by atoms with Gasteiger partial charge in [0.15, 0.2) is 0 Å². The first kappa shape index (κ1) is 13.9. The van der Waals surface area contributed by atoms with Crippen molar-refractivity contribution in [2.24, 2.45) is 0 Å². The lowest BCUT2D eigenvalue weighted by Crippen LogP contribution is -2.07. The maximum Gasteiger partial charge on any atom is 0.417 e. The monoisotopic (exact) mass is 355 g/mol. The van der Waals surface area contributed by atoms with E-state index in [4.69, 9.17) is 5.73 Å². The fraction of sp³-hybridized carbons (Fsp3) is 0.0714. The van der Waals surface area contributed by atoms with E-state index in [1.54, 1.807) is 28.8 Å². The molecule has 0 unspecified atom stereocenters. The normalized spacial score (nSPS) is 12.0. The van der Waals surface area contributed by atoms with Crippen LogP contribution in [0.15, 0.2) is 47.2 Å². The van der Waals surface area contributed by atoms with Gasteiger partial charge in [0.1, 0.15) is 6.33 Å². The summed E-state index contributed by atoms with van der Waals surface area (Å²) in [6.07, 6.45) is -2.94. The summed E-state index contributed by atoms with van der Waals surface area (Å²) in [4.78, 5) is 4.16. The standard InChI is InChI=1S/C14H9BrF3N3/c15-11-3-2-9(6-10(11)14(16,17)18)21-7-20-12-5-8(19)1-4-13(12)21/h1-7H,19H2. The number of rotatable bonds is 1. The van der Waals surface area contributed by atoms with Gasteiger partial charge in [-0.15, -0.1) is 0 Å². The van der Waals surface area contributed by atoms with Gasteiger partial charge in [-0.25, -0.2) is 4.98 Å². The lowest BCUT2D eigenvalue weighted by Gasteiger charge is -2.12. The maximum atomic E-state index is 13.0. The highest BCUT2D eigenvalue weighted by Gasteiger charge is 2.33. The fourth-order valence-corrected chi connectivity index (χ4v) is 2.59. The molecule has 0 aliphatic heterocycles. The van der Waals surface area contributed by atoms with Crippen LogP contribution in [-0.4, -0.2) is 9.55 Å². The number of anilines is 1. The first-order chi connectivity index (χ1) is 9.86. The van der Waals surface area contributed by atoms with Gasteiger partial charge in [-0.3, -0.25) is 4.57 Å². The molecule has 0 saturated carbocycles. The number of fused-ring (bicyclic) bond motifs is 1. The fourth-order valence-electron chi connectivity index (χ4n) is 2.12. The topological polar surface area (TPSA) is 43.8 Å². The van der Waals surface area contributed by atoms with Gasteiger partial charge in [-0.1, -0.05) is 15.9 Å². The Bertz CT molecular complexity index is 824. The van der Waals surface area contributed by atoms with Crippen LogP contribution in [-0.2, 0) is 6.18 Å². The minimum Gasteiger partial charge on any atom is -0.399 e. The van der Waals surface area contributed by atoms with E-state index < -0.39 is 11.7 Å². The van der Waals surface area contributed by atoms with E-state index in [9.17, 15) is 13.2 Å². The number of hydrogen-bond acceptors (Lipinski definition) is 2. The average molecular weight is 356 g/mol. The molecule has 0 bridgehead atoms. The molecule has 0 aliphatic carbocycles. The first-order valence-electron chi connectivity index (χ1n) is 5.96. The molecular formula is C14H9BrF3N3. The third kappa shape index (κ3) is 2.49. The van der Waals surface area contributed by atoms with Gasteiger partial charge in [0, 0.05) is 15.8 Å². The van der Waals surface area contributed by atoms with Gasteiger partial charge < -0.3 is 5.73 Å². The molecule has 0 saturated heterocycles. The van der Waals surface area contributed by atoms with E-state index in [0.29, 0.717) is 22.4 Å². The summed E-state index contributed by atoms with van der Waals surface area (Å²) in [6, 6.07) is 9.14. The number of halogens is 4. The van der Waals surface area contributed by atoms with Crippen molar-refractivity contribution in [2.45, 2.75) is 6.18 Å². The van der Waals surface area contributed by atoms with Crippen molar-refractivity contribution in [3.63, 3.8) is 0 Å². The molecule has 21 heavy (non-hydrogen) atoms. The highest BCUT2D eigenvalue weighted by molar-refractivity contribution is 9.10. The second-order valence-corrected chi connectivity index (χ2v) is 5.38. The van der Waals surface area contributed by atoms with Gasteiger partial charge in [0.05, 0.1) is 16.6 Å². The number of nitrogens with zero attached hydrogens (tertiary/aromatic N) is 2. The summed E-state index contributed by atoms with van der Waals surface area (Å²) >= 11 is 2.93. The molecule has 1 heterocycles. The molecule has 7 heteroatoms. The second-order valence-electron chi connectivity index (χ2n) is 4.52. The lowest BCUT2D eigenvalue weighted by atomic mass is 10.2. The van der Waals surface area contributed by atoms with Crippen LogP contribution in [0.3, 0.4) is 0 Å². The summed E-state index contributed by atoms with van der Waals surface area (Å²) in [6.45, 7) is 0. The van der Waals surface area contributed by atoms with Crippen LogP contribution >= 0.6 is 15.9 Å². The van der Waals surface area contributed by atoms with Crippen molar-refractivity contribution < 1.29 is 13.2 Å². The first-order valence-corrected chi connectivity index (χ1v) is 6.75. The van der Waals surface area contributed by atoms with Crippen LogP contribution in [0.1, 0.15) is 5.56 Å². The minimum atomic E-state index is -4.42. The molecule has 1 aromatic heterocycles. The van der Waals surface area contributed by atoms with Crippen molar-refractivity contribution in [1.82, 2.24) is 9.55 Å². The van der Waals surface area contributed by atoms with Crippen LogP contribution in [0, 0.1) is 0 Å². The van der Waals surface area contributed by atoms with Crippen molar-refractivity contribution in [1.29, 1.82) is 0 Å². The quantitative estimate of drug-likeness (QED) is 0.658. The van der Waals surface area contributed by atoms with Crippen molar-refractivity contribution in [2.75, 3.05) is 5.73 Å². The van der Waals surface area contributed by atoms with Crippen LogP contribution < -0.4 is 5.73 Å². The Hall–Kier alpha value is -2.02. The summed E-state index contributed by atoms with van der Waals surface area (Å²) in [7, 11) is 0. The van der Waals surface area contributed by atoms with Gasteiger partial charge >= 0.3 is 6.18 Å². The summed E-state index contributed by atoms with van der Waals surface area (Å²) in [5.74, 6) is 0. The third-order valence-corrected chi connectivity index (χ3v) is 3.80. The molecule has 3 nitrogen and oxygen atoms in total. The minimum absolute atomic E-state index is 0.00687. The molecule has 0 radical (unpaired) electrons. The van der Waals surface area contributed by atoms with Crippen molar-refractivity contribution in [3.8, 4) is 5.69 Å². The number of hydrogen-bond donors (Lipinski definition) is 1. The van der Waals surface area contributed by atoms with E-state index in [1.165, 1.54) is 12.4 Å². The predicted molar refractivity (Wildman–Crippen MR) is 78.2 cm³/mol. The van der Waals surface area contributed by atoms with E-state index >= 15 is 0 Å². The molecule has 108 valence electrons. The Morgan fingerprint density at radius 1 is 1.10 bits per heavy atom. The molecular weight excluding hydrogens is 347 g/mol. The van der Waals surface area contributed by atoms with Crippen molar-refractivity contribution in [3.05, 3.63) is 52.8 Å². The average Bonchev–Trinajstić information content (AvgIpc) is 2.81. The summed E-state index contributed by atoms with van der Waals surface area (Å²) in [5.41, 5.74) is 7.21. The Morgan fingerprint density at radius 3 is 2.57 bits per heavy atom. The smallest absolute Gasteiger partial charge is 0.399 e. The highest BCUT2D eigenvalue weighted by Crippen LogP contribution is 2.36. The molecule has 0 fully saturated rings. The summed E-state index contributed by atoms with van der Waals surface area (Å²) in [5, 5.41) is 0. The maximum absolute atomic E-state index is 13.0. The molecule has 3 aromatic rings. The Morgan fingerprint density at radius 2 is 1.86 bits per heavy atom. The van der Waals surface area contributed by atoms with Gasteiger partial charge in [0.2, 0.25) is 0 Å². The number of imidazole rings is 1. The second kappa shape index (κ2) is 4.77. The number of benzene rings is 2. The lowest BCUT2D eigenvalue weighted by molar-refractivity contribution is -0.138. The van der Waals surface area contributed by atoms with Crippen LogP contribution in [0.25, 0.3) is 16.7 Å². The van der Waals surface area contributed by atoms with Gasteiger partial charge in [0.25, 0.3) is 0 Å². The van der Waals surface area contributed by atoms with Gasteiger partial charge in [-0.2, -0.15) is 13.2 Å². The Balaban J connectivity index is 2.19. The van der Waals surface area contributed by atoms with Crippen molar-refractivity contribution >= 4 is 32.7 Å². The summed E-state index contributed by atoms with van der Waals surface area (Å²) < 4.78 is 40.5. The SMILES string of the molecule is Nc1ccc2c(c1)ncn2-c1ccc(Br)c(C(F)(F)F)c1. The zero-order valence-corrected chi connectivity index (χ0v) is 12.1. The van der Waals surface area contributed by atoms with E-state index in [1.807, 2.05) is 0 Å². The number of aromatic nitrogens is 2. The third-order valence-electron chi connectivity index (χ3n) is 3.10.